The van der Waals surface area contributed by atoms with Crippen LogP contribution >= 0.6 is 0 Å². The SMILES string of the molecule is Cc1ccc(-c2[nH]ncc2CNCC(c2ccco2)N(C)C)cc1. The van der Waals surface area contributed by atoms with Crippen molar-refractivity contribution in [2.45, 2.75) is 19.5 Å². The number of rotatable bonds is 7. The number of hydrogen-bond acceptors (Lipinski definition) is 4. The second-order valence-electron chi connectivity index (χ2n) is 6.26. The maximum Gasteiger partial charge on any atom is 0.122 e. The summed E-state index contributed by atoms with van der Waals surface area (Å²) in [5, 5.41) is 10.8. The Morgan fingerprint density at radius 3 is 2.67 bits per heavy atom. The summed E-state index contributed by atoms with van der Waals surface area (Å²) in [6.45, 7) is 3.65. The third-order valence-corrected chi connectivity index (χ3v) is 4.21. The van der Waals surface area contributed by atoms with E-state index in [1.54, 1.807) is 6.26 Å². The van der Waals surface area contributed by atoms with Crippen LogP contribution in [-0.2, 0) is 6.54 Å². The number of aromatic amines is 1. The molecule has 0 aliphatic carbocycles. The smallest absolute Gasteiger partial charge is 0.122 e. The van der Waals surface area contributed by atoms with Gasteiger partial charge in [-0.3, -0.25) is 10.00 Å². The minimum atomic E-state index is 0.203. The lowest BCUT2D eigenvalue weighted by molar-refractivity contribution is 0.250. The molecule has 1 aromatic carbocycles. The molecular weight excluding hydrogens is 300 g/mol. The number of benzene rings is 1. The first-order valence-electron chi connectivity index (χ1n) is 8.15. The summed E-state index contributed by atoms with van der Waals surface area (Å²) in [5.74, 6) is 0.971. The van der Waals surface area contributed by atoms with Crippen LogP contribution < -0.4 is 5.32 Å². The number of nitrogens with zero attached hydrogens (tertiary/aromatic N) is 2. The van der Waals surface area contributed by atoms with E-state index in [2.05, 4.69) is 65.7 Å². The molecule has 3 rings (SSSR count). The zero-order valence-corrected chi connectivity index (χ0v) is 14.4. The minimum absolute atomic E-state index is 0.203. The molecular formula is C19H24N4O. The molecule has 0 saturated heterocycles. The van der Waals surface area contributed by atoms with Gasteiger partial charge in [0.05, 0.1) is 24.2 Å². The van der Waals surface area contributed by atoms with Crippen LogP contribution in [0.3, 0.4) is 0 Å². The van der Waals surface area contributed by atoms with E-state index in [4.69, 9.17) is 4.42 Å². The van der Waals surface area contributed by atoms with Gasteiger partial charge in [0.15, 0.2) is 0 Å². The quantitative estimate of drug-likeness (QED) is 0.699. The summed E-state index contributed by atoms with van der Waals surface area (Å²) in [4.78, 5) is 2.15. The number of hydrogen-bond donors (Lipinski definition) is 2. The van der Waals surface area contributed by atoms with Crippen molar-refractivity contribution < 1.29 is 4.42 Å². The van der Waals surface area contributed by atoms with Crippen molar-refractivity contribution in [1.82, 2.24) is 20.4 Å². The first-order valence-corrected chi connectivity index (χ1v) is 8.15. The number of H-pyrrole nitrogens is 1. The molecule has 5 heteroatoms. The molecule has 0 aliphatic heterocycles. The zero-order valence-electron chi connectivity index (χ0n) is 14.4. The van der Waals surface area contributed by atoms with Gasteiger partial charge in [-0.25, -0.2) is 0 Å². The Kier molecular flexibility index (Phi) is 5.13. The molecule has 2 aromatic heterocycles. The molecule has 5 nitrogen and oxygen atoms in total. The topological polar surface area (TPSA) is 57.1 Å². The van der Waals surface area contributed by atoms with Crippen LogP contribution in [0.25, 0.3) is 11.3 Å². The summed E-state index contributed by atoms with van der Waals surface area (Å²) in [7, 11) is 4.12. The Bertz CT molecular complexity index is 744. The number of furan rings is 1. The van der Waals surface area contributed by atoms with Crippen molar-refractivity contribution in [3.8, 4) is 11.3 Å². The van der Waals surface area contributed by atoms with Gasteiger partial charge in [-0.15, -0.1) is 0 Å². The van der Waals surface area contributed by atoms with Gasteiger partial charge in [0.2, 0.25) is 0 Å². The van der Waals surface area contributed by atoms with Crippen molar-refractivity contribution in [2.24, 2.45) is 0 Å². The third-order valence-electron chi connectivity index (χ3n) is 4.21. The summed E-state index contributed by atoms with van der Waals surface area (Å²) < 4.78 is 5.55. The molecule has 1 atom stereocenters. The van der Waals surface area contributed by atoms with Crippen LogP contribution in [0, 0.1) is 6.92 Å². The lowest BCUT2D eigenvalue weighted by atomic mass is 10.1. The highest BCUT2D eigenvalue weighted by atomic mass is 16.3. The maximum absolute atomic E-state index is 5.55. The molecule has 126 valence electrons. The van der Waals surface area contributed by atoms with E-state index < -0.39 is 0 Å². The van der Waals surface area contributed by atoms with E-state index in [1.807, 2.05) is 18.3 Å². The van der Waals surface area contributed by atoms with E-state index in [0.29, 0.717) is 0 Å². The molecule has 0 saturated carbocycles. The molecule has 0 bridgehead atoms. The van der Waals surface area contributed by atoms with Crippen molar-refractivity contribution in [1.29, 1.82) is 0 Å². The Morgan fingerprint density at radius 2 is 2.00 bits per heavy atom. The van der Waals surface area contributed by atoms with Crippen molar-refractivity contribution in [2.75, 3.05) is 20.6 Å². The summed E-state index contributed by atoms with van der Waals surface area (Å²) >= 11 is 0. The number of aryl methyl sites for hydroxylation is 1. The lowest BCUT2D eigenvalue weighted by Gasteiger charge is -2.22. The molecule has 1 unspecified atom stereocenters. The number of likely N-dealkylation sites (N-methyl/N-ethyl adjacent to an activating group) is 1. The highest BCUT2D eigenvalue weighted by Gasteiger charge is 2.17. The van der Waals surface area contributed by atoms with Crippen LogP contribution in [0.2, 0.25) is 0 Å². The van der Waals surface area contributed by atoms with Crippen molar-refractivity contribution in [3.05, 3.63) is 65.7 Å². The second-order valence-corrected chi connectivity index (χ2v) is 6.26. The van der Waals surface area contributed by atoms with E-state index in [0.717, 1.165) is 35.7 Å². The minimum Gasteiger partial charge on any atom is -0.468 e. The standard InChI is InChI=1S/C19H24N4O/c1-14-6-8-15(9-7-14)19-16(12-21-22-19)11-20-13-17(23(2)3)18-5-4-10-24-18/h4-10,12,17,20H,11,13H2,1-3H3,(H,21,22). The van der Waals surface area contributed by atoms with Crippen LogP contribution in [0.15, 0.2) is 53.3 Å². The first-order chi connectivity index (χ1) is 11.6. The van der Waals surface area contributed by atoms with Crippen LogP contribution in [-0.4, -0.2) is 35.7 Å². The highest BCUT2D eigenvalue weighted by molar-refractivity contribution is 5.62. The number of nitrogens with one attached hydrogen (secondary N) is 2. The Labute approximate surface area is 142 Å². The molecule has 0 amide bonds. The van der Waals surface area contributed by atoms with Gasteiger partial charge in [0, 0.05) is 18.7 Å². The van der Waals surface area contributed by atoms with Gasteiger partial charge in [-0.2, -0.15) is 5.10 Å². The molecule has 2 N–H and O–H groups in total. The predicted molar refractivity (Wildman–Crippen MR) is 95.6 cm³/mol. The third kappa shape index (κ3) is 3.75. The van der Waals surface area contributed by atoms with Gasteiger partial charge < -0.3 is 9.73 Å². The van der Waals surface area contributed by atoms with E-state index >= 15 is 0 Å². The normalized spacial score (nSPS) is 12.7. The molecule has 0 spiro atoms. The summed E-state index contributed by atoms with van der Waals surface area (Å²) in [5.41, 5.74) is 4.65. The van der Waals surface area contributed by atoms with Crippen LogP contribution in [0.1, 0.15) is 22.9 Å². The predicted octanol–water partition coefficient (Wildman–Crippen LogP) is 3.37. The maximum atomic E-state index is 5.55. The summed E-state index contributed by atoms with van der Waals surface area (Å²) in [6, 6.07) is 12.6. The fourth-order valence-corrected chi connectivity index (χ4v) is 2.78. The van der Waals surface area contributed by atoms with E-state index in [1.165, 1.54) is 5.56 Å². The Morgan fingerprint density at radius 1 is 1.21 bits per heavy atom. The van der Waals surface area contributed by atoms with E-state index in [9.17, 15) is 0 Å². The molecule has 2 heterocycles. The van der Waals surface area contributed by atoms with Crippen LogP contribution in [0.5, 0.6) is 0 Å². The van der Waals surface area contributed by atoms with Gasteiger partial charge >= 0.3 is 0 Å². The summed E-state index contributed by atoms with van der Waals surface area (Å²) in [6.07, 6.45) is 3.61. The molecule has 24 heavy (non-hydrogen) atoms. The second kappa shape index (κ2) is 7.47. The molecule has 0 radical (unpaired) electrons. The molecule has 0 aliphatic rings. The average Bonchev–Trinajstić information content (AvgIpc) is 3.23. The molecule has 0 fully saturated rings. The zero-order chi connectivity index (χ0) is 16.9. The van der Waals surface area contributed by atoms with Gasteiger partial charge in [0.1, 0.15) is 5.76 Å². The fraction of sp³-hybridized carbons (Fsp3) is 0.316. The van der Waals surface area contributed by atoms with E-state index in [-0.39, 0.29) is 6.04 Å². The Balaban J connectivity index is 1.65. The highest BCUT2D eigenvalue weighted by Crippen LogP contribution is 2.22. The first kappa shape index (κ1) is 16.5. The average molecular weight is 324 g/mol. The van der Waals surface area contributed by atoms with Gasteiger partial charge in [-0.1, -0.05) is 29.8 Å². The lowest BCUT2D eigenvalue weighted by Crippen LogP contribution is -2.30. The van der Waals surface area contributed by atoms with Crippen molar-refractivity contribution >= 4 is 0 Å². The molecule has 3 aromatic rings. The monoisotopic (exact) mass is 324 g/mol. The number of aromatic nitrogens is 2. The fourth-order valence-electron chi connectivity index (χ4n) is 2.78. The van der Waals surface area contributed by atoms with Crippen LogP contribution in [0.4, 0.5) is 0 Å². The largest absolute Gasteiger partial charge is 0.468 e. The Hall–Kier alpha value is -2.37. The van der Waals surface area contributed by atoms with Gasteiger partial charge in [-0.05, 0) is 38.7 Å². The van der Waals surface area contributed by atoms with Crippen molar-refractivity contribution in [3.63, 3.8) is 0 Å². The van der Waals surface area contributed by atoms with Gasteiger partial charge in [0.25, 0.3) is 0 Å².